The van der Waals surface area contributed by atoms with Crippen molar-refractivity contribution in [2.24, 2.45) is 5.73 Å². The fourth-order valence-electron chi connectivity index (χ4n) is 1.11. The van der Waals surface area contributed by atoms with Crippen LogP contribution < -0.4 is 5.73 Å². The Morgan fingerprint density at radius 3 is 2.62 bits per heavy atom. The summed E-state index contributed by atoms with van der Waals surface area (Å²) in [5.74, 6) is 0. The molecule has 0 saturated heterocycles. The molecule has 1 heterocycles. The van der Waals surface area contributed by atoms with Gasteiger partial charge >= 0.3 is 0 Å². The summed E-state index contributed by atoms with van der Waals surface area (Å²) in [4.78, 5) is 4.39. The summed E-state index contributed by atoms with van der Waals surface area (Å²) >= 11 is 1.64. The molecule has 0 saturated carbocycles. The van der Waals surface area contributed by atoms with E-state index >= 15 is 0 Å². The molecule has 0 aliphatic carbocycles. The lowest BCUT2D eigenvalue weighted by molar-refractivity contribution is 1.01. The summed E-state index contributed by atoms with van der Waals surface area (Å²) < 4.78 is 0. The third-order valence-corrected chi connectivity index (χ3v) is 2.72. The van der Waals surface area contributed by atoms with Gasteiger partial charge in [0.05, 0.1) is 5.69 Å². The van der Waals surface area contributed by atoms with Gasteiger partial charge in [0.1, 0.15) is 5.01 Å². The van der Waals surface area contributed by atoms with E-state index in [-0.39, 0.29) is 0 Å². The summed E-state index contributed by atoms with van der Waals surface area (Å²) in [6.07, 6.45) is 0. The average Bonchev–Trinajstić information content (AvgIpc) is 2.67. The zero-order valence-electron chi connectivity index (χ0n) is 7.10. The van der Waals surface area contributed by atoms with Crippen molar-refractivity contribution in [3.63, 3.8) is 0 Å². The zero-order valence-corrected chi connectivity index (χ0v) is 7.92. The number of nitrogens with two attached hydrogens (primary N) is 1. The van der Waals surface area contributed by atoms with E-state index in [1.807, 2.05) is 23.6 Å². The Bertz CT molecular complexity index is 381. The fraction of sp³-hybridized carbons (Fsp3) is 0.100. The van der Waals surface area contributed by atoms with Crippen LogP contribution in [0.3, 0.4) is 0 Å². The van der Waals surface area contributed by atoms with Gasteiger partial charge in [-0.25, -0.2) is 4.98 Å². The van der Waals surface area contributed by atoms with Crippen molar-refractivity contribution in [3.8, 4) is 10.6 Å². The first-order valence-electron chi connectivity index (χ1n) is 4.10. The van der Waals surface area contributed by atoms with Crippen LogP contribution in [0, 0.1) is 0 Å². The molecule has 0 unspecified atom stereocenters. The van der Waals surface area contributed by atoms with E-state index in [0.717, 1.165) is 16.3 Å². The van der Waals surface area contributed by atoms with Crippen LogP contribution >= 0.6 is 11.3 Å². The standard InChI is InChI=1S/C10H10N2S/c11-6-9-7-13-10(12-9)8-4-2-1-3-5-8/h1-5,7H,6,11H2. The predicted molar refractivity (Wildman–Crippen MR) is 55.4 cm³/mol. The molecule has 2 N–H and O–H groups in total. The van der Waals surface area contributed by atoms with Crippen LogP contribution in [0.4, 0.5) is 0 Å². The van der Waals surface area contributed by atoms with Crippen LogP contribution in [0.25, 0.3) is 10.6 Å². The summed E-state index contributed by atoms with van der Waals surface area (Å²) in [6.45, 7) is 0.517. The Kier molecular flexibility index (Phi) is 2.38. The molecule has 1 aromatic carbocycles. The van der Waals surface area contributed by atoms with Gasteiger partial charge in [0.2, 0.25) is 0 Å². The molecule has 0 amide bonds. The number of benzene rings is 1. The molecule has 0 aliphatic heterocycles. The molecule has 2 aromatic rings. The highest BCUT2D eigenvalue weighted by Crippen LogP contribution is 2.22. The Morgan fingerprint density at radius 1 is 1.23 bits per heavy atom. The summed E-state index contributed by atoms with van der Waals surface area (Å²) in [5.41, 5.74) is 7.61. The minimum atomic E-state index is 0.517. The molecule has 66 valence electrons. The molecule has 0 spiro atoms. The van der Waals surface area contributed by atoms with Gasteiger partial charge in [-0.2, -0.15) is 0 Å². The quantitative estimate of drug-likeness (QED) is 0.789. The monoisotopic (exact) mass is 190 g/mol. The molecule has 0 atom stereocenters. The largest absolute Gasteiger partial charge is 0.325 e. The smallest absolute Gasteiger partial charge is 0.123 e. The Balaban J connectivity index is 2.36. The third-order valence-electron chi connectivity index (χ3n) is 1.78. The molecule has 0 aliphatic rings. The van der Waals surface area contributed by atoms with Crippen molar-refractivity contribution in [2.75, 3.05) is 0 Å². The molecule has 0 bridgehead atoms. The second-order valence-electron chi connectivity index (χ2n) is 2.71. The van der Waals surface area contributed by atoms with E-state index in [4.69, 9.17) is 5.73 Å². The van der Waals surface area contributed by atoms with Crippen molar-refractivity contribution in [3.05, 3.63) is 41.4 Å². The molecular formula is C10H10N2S. The predicted octanol–water partition coefficient (Wildman–Crippen LogP) is 2.27. The normalized spacial score (nSPS) is 10.2. The van der Waals surface area contributed by atoms with Crippen molar-refractivity contribution >= 4 is 11.3 Å². The minimum absolute atomic E-state index is 0.517. The summed E-state index contributed by atoms with van der Waals surface area (Å²) in [5, 5.41) is 3.04. The van der Waals surface area contributed by atoms with E-state index in [1.54, 1.807) is 11.3 Å². The van der Waals surface area contributed by atoms with Gasteiger partial charge in [-0.05, 0) is 0 Å². The van der Waals surface area contributed by atoms with Gasteiger partial charge in [0.25, 0.3) is 0 Å². The number of rotatable bonds is 2. The Labute approximate surface area is 81.1 Å². The third kappa shape index (κ3) is 1.76. The Hall–Kier alpha value is -1.19. The van der Waals surface area contributed by atoms with Gasteiger partial charge in [-0.1, -0.05) is 30.3 Å². The summed E-state index contributed by atoms with van der Waals surface area (Å²) in [6, 6.07) is 10.1. The lowest BCUT2D eigenvalue weighted by Gasteiger charge is -1.93. The first-order chi connectivity index (χ1) is 6.40. The topological polar surface area (TPSA) is 38.9 Å². The molecule has 2 rings (SSSR count). The molecule has 0 fully saturated rings. The number of thiazole rings is 1. The fourth-order valence-corrected chi connectivity index (χ4v) is 1.95. The van der Waals surface area contributed by atoms with Crippen LogP contribution in [0.1, 0.15) is 5.69 Å². The van der Waals surface area contributed by atoms with Crippen LogP contribution in [-0.2, 0) is 6.54 Å². The Morgan fingerprint density at radius 2 is 2.00 bits per heavy atom. The van der Waals surface area contributed by atoms with Gasteiger partial charge in [-0.15, -0.1) is 11.3 Å². The molecule has 13 heavy (non-hydrogen) atoms. The number of nitrogens with zero attached hydrogens (tertiary/aromatic N) is 1. The number of aromatic nitrogens is 1. The maximum Gasteiger partial charge on any atom is 0.123 e. The molecule has 0 radical (unpaired) electrons. The van der Waals surface area contributed by atoms with Gasteiger partial charge < -0.3 is 5.73 Å². The van der Waals surface area contributed by atoms with Crippen LogP contribution in [-0.4, -0.2) is 4.98 Å². The van der Waals surface area contributed by atoms with Crippen LogP contribution in [0.5, 0.6) is 0 Å². The molecule has 1 aromatic heterocycles. The highest BCUT2D eigenvalue weighted by molar-refractivity contribution is 7.13. The van der Waals surface area contributed by atoms with E-state index in [9.17, 15) is 0 Å². The van der Waals surface area contributed by atoms with Gasteiger partial charge in [0.15, 0.2) is 0 Å². The lowest BCUT2D eigenvalue weighted by atomic mass is 10.2. The second kappa shape index (κ2) is 3.68. The highest BCUT2D eigenvalue weighted by Gasteiger charge is 2.01. The van der Waals surface area contributed by atoms with Crippen LogP contribution in [0.2, 0.25) is 0 Å². The SMILES string of the molecule is NCc1csc(-c2ccccc2)n1. The van der Waals surface area contributed by atoms with Crippen molar-refractivity contribution < 1.29 is 0 Å². The first kappa shape index (κ1) is 8.41. The maximum atomic E-state index is 5.49. The van der Waals surface area contributed by atoms with Crippen LogP contribution in [0.15, 0.2) is 35.7 Å². The van der Waals surface area contributed by atoms with Crippen molar-refractivity contribution in [2.45, 2.75) is 6.54 Å². The first-order valence-corrected chi connectivity index (χ1v) is 4.98. The number of hydrogen-bond acceptors (Lipinski definition) is 3. The lowest BCUT2D eigenvalue weighted by Crippen LogP contribution is -1.95. The molecular weight excluding hydrogens is 180 g/mol. The van der Waals surface area contributed by atoms with E-state index in [2.05, 4.69) is 17.1 Å². The van der Waals surface area contributed by atoms with E-state index in [1.165, 1.54) is 0 Å². The maximum absolute atomic E-state index is 5.49. The molecule has 3 heteroatoms. The zero-order chi connectivity index (χ0) is 9.10. The van der Waals surface area contributed by atoms with Crippen molar-refractivity contribution in [1.29, 1.82) is 0 Å². The van der Waals surface area contributed by atoms with Gasteiger partial charge in [0, 0.05) is 17.5 Å². The summed E-state index contributed by atoms with van der Waals surface area (Å²) in [7, 11) is 0. The highest BCUT2D eigenvalue weighted by atomic mass is 32.1. The average molecular weight is 190 g/mol. The number of hydrogen-bond donors (Lipinski definition) is 1. The van der Waals surface area contributed by atoms with E-state index < -0.39 is 0 Å². The van der Waals surface area contributed by atoms with Gasteiger partial charge in [-0.3, -0.25) is 0 Å². The van der Waals surface area contributed by atoms with Crippen molar-refractivity contribution in [1.82, 2.24) is 4.98 Å². The second-order valence-corrected chi connectivity index (χ2v) is 3.57. The minimum Gasteiger partial charge on any atom is -0.325 e. The van der Waals surface area contributed by atoms with E-state index in [0.29, 0.717) is 6.54 Å². The molecule has 2 nitrogen and oxygen atoms in total.